The Morgan fingerprint density at radius 3 is 2.69 bits per heavy atom. The second kappa shape index (κ2) is 10.4. The molecule has 2 heterocycles. The zero-order chi connectivity index (χ0) is 23.1. The molecule has 2 aromatic carbocycles. The SMILES string of the molecule is Cc1cccc(-c2[nH]ncc2CNCc2ccc3c(c2)COCC3)c1.O=C(O)C(F)(F)F. The molecule has 0 saturated carbocycles. The molecular formula is C23H24F3N3O3. The highest BCUT2D eigenvalue weighted by Gasteiger charge is 2.38. The lowest BCUT2D eigenvalue weighted by Gasteiger charge is -2.17. The third-order valence-corrected chi connectivity index (χ3v) is 4.96. The average Bonchev–Trinajstić information content (AvgIpc) is 3.22. The van der Waals surface area contributed by atoms with Crippen LogP contribution in [0.15, 0.2) is 48.7 Å². The molecule has 0 bridgehead atoms. The number of aliphatic carboxylic acids is 1. The zero-order valence-electron chi connectivity index (χ0n) is 17.5. The fourth-order valence-corrected chi connectivity index (χ4v) is 3.37. The van der Waals surface area contributed by atoms with Gasteiger partial charge in [-0.05, 0) is 36.1 Å². The summed E-state index contributed by atoms with van der Waals surface area (Å²) in [6.07, 6.45) is -2.15. The highest BCUT2D eigenvalue weighted by Crippen LogP contribution is 2.22. The second-order valence-electron chi connectivity index (χ2n) is 7.45. The number of fused-ring (bicyclic) bond motifs is 1. The van der Waals surface area contributed by atoms with Gasteiger partial charge in [-0.1, -0.05) is 42.0 Å². The van der Waals surface area contributed by atoms with Gasteiger partial charge in [0, 0.05) is 24.2 Å². The minimum atomic E-state index is -5.08. The average molecular weight is 447 g/mol. The first kappa shape index (κ1) is 23.5. The Morgan fingerprint density at radius 1 is 1.19 bits per heavy atom. The van der Waals surface area contributed by atoms with Crippen molar-refractivity contribution in [3.05, 3.63) is 76.5 Å². The maximum Gasteiger partial charge on any atom is 0.490 e. The van der Waals surface area contributed by atoms with Gasteiger partial charge in [0.1, 0.15) is 0 Å². The van der Waals surface area contributed by atoms with Crippen molar-refractivity contribution in [2.45, 2.75) is 39.2 Å². The molecule has 0 aliphatic carbocycles. The van der Waals surface area contributed by atoms with Gasteiger partial charge in [-0.15, -0.1) is 0 Å². The zero-order valence-corrected chi connectivity index (χ0v) is 17.5. The van der Waals surface area contributed by atoms with Crippen molar-refractivity contribution in [2.75, 3.05) is 6.61 Å². The summed E-state index contributed by atoms with van der Waals surface area (Å²) in [6, 6.07) is 15.2. The lowest BCUT2D eigenvalue weighted by atomic mass is 10.0. The van der Waals surface area contributed by atoms with E-state index >= 15 is 0 Å². The summed E-state index contributed by atoms with van der Waals surface area (Å²) in [5.41, 5.74) is 8.76. The fourth-order valence-electron chi connectivity index (χ4n) is 3.37. The number of hydrogen-bond acceptors (Lipinski definition) is 4. The predicted octanol–water partition coefficient (Wildman–Crippen LogP) is 4.38. The number of alkyl halides is 3. The molecule has 0 radical (unpaired) electrons. The Labute approximate surface area is 183 Å². The van der Waals surface area contributed by atoms with Gasteiger partial charge in [-0.2, -0.15) is 18.3 Å². The minimum Gasteiger partial charge on any atom is -0.475 e. The standard InChI is InChI=1S/C21H23N3O.C2HF3O2/c1-15-3-2-4-18(9-15)21-20(13-23-24-21)12-22-11-16-5-6-17-7-8-25-14-19(17)10-16;3-2(4,5)1(6)7/h2-6,9-10,13,22H,7-8,11-12,14H2,1H3,(H,23,24);(H,6,7). The maximum atomic E-state index is 10.6. The van der Waals surface area contributed by atoms with E-state index in [1.807, 2.05) is 6.20 Å². The molecule has 0 saturated heterocycles. The predicted molar refractivity (Wildman–Crippen MR) is 113 cm³/mol. The van der Waals surface area contributed by atoms with E-state index in [1.165, 1.54) is 33.4 Å². The van der Waals surface area contributed by atoms with Crippen LogP contribution < -0.4 is 5.32 Å². The maximum absolute atomic E-state index is 10.6. The largest absolute Gasteiger partial charge is 0.490 e. The van der Waals surface area contributed by atoms with Crippen LogP contribution in [-0.2, 0) is 35.6 Å². The van der Waals surface area contributed by atoms with Crippen LogP contribution in [0.3, 0.4) is 0 Å². The highest BCUT2D eigenvalue weighted by atomic mass is 19.4. The highest BCUT2D eigenvalue weighted by molar-refractivity contribution is 5.73. The summed E-state index contributed by atoms with van der Waals surface area (Å²) >= 11 is 0. The lowest BCUT2D eigenvalue weighted by molar-refractivity contribution is -0.192. The van der Waals surface area contributed by atoms with Gasteiger partial charge in [0.05, 0.1) is 25.1 Å². The number of carbonyl (C=O) groups is 1. The van der Waals surface area contributed by atoms with E-state index < -0.39 is 12.1 Å². The van der Waals surface area contributed by atoms with Gasteiger partial charge in [0.15, 0.2) is 0 Å². The number of nitrogens with one attached hydrogen (secondary N) is 2. The number of carboxylic acids is 1. The number of H-pyrrole nitrogens is 1. The summed E-state index contributed by atoms with van der Waals surface area (Å²) < 4.78 is 37.3. The Bertz CT molecular complexity index is 1060. The first-order valence-electron chi connectivity index (χ1n) is 10.0. The number of carboxylic acid groups (broad SMARTS) is 1. The van der Waals surface area contributed by atoms with E-state index in [4.69, 9.17) is 14.6 Å². The van der Waals surface area contributed by atoms with Crippen molar-refractivity contribution >= 4 is 5.97 Å². The van der Waals surface area contributed by atoms with E-state index in [0.29, 0.717) is 0 Å². The summed E-state index contributed by atoms with van der Waals surface area (Å²) in [5, 5.41) is 18.0. The summed E-state index contributed by atoms with van der Waals surface area (Å²) in [4.78, 5) is 8.90. The van der Waals surface area contributed by atoms with E-state index in [0.717, 1.165) is 38.4 Å². The Hall–Kier alpha value is -3.17. The molecule has 1 aliphatic rings. The van der Waals surface area contributed by atoms with Crippen LogP contribution in [0.25, 0.3) is 11.3 Å². The van der Waals surface area contributed by atoms with Crippen molar-refractivity contribution in [3.8, 4) is 11.3 Å². The van der Waals surface area contributed by atoms with Crippen LogP contribution in [0, 0.1) is 6.92 Å². The van der Waals surface area contributed by atoms with Crippen LogP contribution in [0.4, 0.5) is 13.2 Å². The van der Waals surface area contributed by atoms with Gasteiger partial charge in [0.2, 0.25) is 0 Å². The van der Waals surface area contributed by atoms with E-state index in [2.05, 4.69) is 64.9 Å². The minimum absolute atomic E-state index is 0.739. The molecule has 0 unspecified atom stereocenters. The molecule has 0 fully saturated rings. The number of nitrogens with zero attached hydrogens (tertiary/aromatic N) is 1. The molecule has 3 N–H and O–H groups in total. The van der Waals surface area contributed by atoms with E-state index in [1.54, 1.807) is 0 Å². The van der Waals surface area contributed by atoms with E-state index in [-0.39, 0.29) is 0 Å². The Kier molecular flexibility index (Phi) is 7.66. The Balaban J connectivity index is 0.000000360. The number of rotatable bonds is 5. The smallest absolute Gasteiger partial charge is 0.475 e. The van der Waals surface area contributed by atoms with Gasteiger partial charge in [0.25, 0.3) is 0 Å². The summed E-state index contributed by atoms with van der Waals surface area (Å²) in [5.74, 6) is -2.76. The first-order chi connectivity index (χ1) is 15.2. The number of aromatic nitrogens is 2. The number of aromatic amines is 1. The molecule has 6 nitrogen and oxygen atoms in total. The molecule has 4 rings (SSSR count). The van der Waals surface area contributed by atoms with Crippen molar-refractivity contribution in [1.82, 2.24) is 15.5 Å². The molecule has 32 heavy (non-hydrogen) atoms. The lowest BCUT2D eigenvalue weighted by Crippen LogP contribution is -2.21. The summed E-state index contributed by atoms with van der Waals surface area (Å²) in [7, 11) is 0. The van der Waals surface area contributed by atoms with Crippen molar-refractivity contribution in [1.29, 1.82) is 0 Å². The number of ether oxygens (including phenoxy) is 1. The van der Waals surface area contributed by atoms with Gasteiger partial charge in [-0.25, -0.2) is 4.79 Å². The van der Waals surface area contributed by atoms with Crippen LogP contribution >= 0.6 is 0 Å². The third-order valence-electron chi connectivity index (χ3n) is 4.96. The molecule has 0 spiro atoms. The molecule has 1 aliphatic heterocycles. The molecule has 3 aromatic rings. The van der Waals surface area contributed by atoms with Crippen LogP contribution in [0.1, 0.15) is 27.8 Å². The summed E-state index contributed by atoms with van der Waals surface area (Å²) in [6.45, 7) is 5.31. The van der Waals surface area contributed by atoms with Gasteiger partial charge in [-0.3, -0.25) is 5.10 Å². The molecule has 170 valence electrons. The number of benzene rings is 2. The Morgan fingerprint density at radius 2 is 1.97 bits per heavy atom. The van der Waals surface area contributed by atoms with Crippen LogP contribution in [0.5, 0.6) is 0 Å². The van der Waals surface area contributed by atoms with Crippen molar-refractivity contribution in [3.63, 3.8) is 0 Å². The van der Waals surface area contributed by atoms with Crippen LogP contribution in [0.2, 0.25) is 0 Å². The second-order valence-corrected chi connectivity index (χ2v) is 7.45. The van der Waals surface area contributed by atoms with E-state index in [9.17, 15) is 13.2 Å². The normalized spacial score (nSPS) is 13.1. The number of hydrogen-bond donors (Lipinski definition) is 3. The van der Waals surface area contributed by atoms with Crippen LogP contribution in [-0.4, -0.2) is 34.1 Å². The molecule has 9 heteroatoms. The number of halogens is 3. The molecule has 1 aromatic heterocycles. The molecule has 0 atom stereocenters. The first-order valence-corrected chi connectivity index (χ1v) is 10.0. The number of aryl methyl sites for hydroxylation is 1. The van der Waals surface area contributed by atoms with Gasteiger partial charge >= 0.3 is 12.1 Å². The quantitative estimate of drug-likeness (QED) is 0.540. The topological polar surface area (TPSA) is 87.2 Å². The fraction of sp³-hybridized carbons (Fsp3) is 0.304. The molecular weight excluding hydrogens is 423 g/mol. The van der Waals surface area contributed by atoms with Gasteiger partial charge < -0.3 is 15.2 Å². The van der Waals surface area contributed by atoms with Crippen molar-refractivity contribution < 1.29 is 27.8 Å². The van der Waals surface area contributed by atoms with Crippen molar-refractivity contribution in [2.24, 2.45) is 0 Å². The molecule has 0 amide bonds. The third kappa shape index (κ3) is 6.41. The monoisotopic (exact) mass is 447 g/mol.